The van der Waals surface area contributed by atoms with E-state index < -0.39 is 5.97 Å². The van der Waals surface area contributed by atoms with Gasteiger partial charge < -0.3 is 10.4 Å². The van der Waals surface area contributed by atoms with Crippen molar-refractivity contribution in [1.82, 2.24) is 0 Å². The molecule has 0 spiro atoms. The van der Waals surface area contributed by atoms with E-state index in [1.165, 1.54) is 11.6 Å². The van der Waals surface area contributed by atoms with Crippen LogP contribution < -0.4 is 5.32 Å². The maximum absolute atomic E-state index is 11.8. The van der Waals surface area contributed by atoms with Crippen molar-refractivity contribution in [3.05, 3.63) is 71.3 Å². The van der Waals surface area contributed by atoms with E-state index in [0.29, 0.717) is 11.3 Å². The van der Waals surface area contributed by atoms with Crippen molar-refractivity contribution in [2.75, 3.05) is 5.32 Å². The van der Waals surface area contributed by atoms with E-state index in [1.54, 1.807) is 30.3 Å². The summed E-state index contributed by atoms with van der Waals surface area (Å²) < 4.78 is 0. The molecule has 22 heavy (non-hydrogen) atoms. The molecule has 0 aromatic heterocycles. The summed E-state index contributed by atoms with van der Waals surface area (Å²) in [6.07, 6.45) is 3.19. The number of amides is 1. The smallest absolute Gasteiger partial charge is 0.307 e. The molecule has 0 fully saturated rings. The number of carbonyl (C=O) groups excluding carboxylic acids is 1. The first-order chi connectivity index (χ1) is 10.5. The summed E-state index contributed by atoms with van der Waals surface area (Å²) in [5.41, 5.74) is 3.45. The number of hydrogen-bond acceptors (Lipinski definition) is 2. The third-order valence-corrected chi connectivity index (χ3v) is 3.08. The van der Waals surface area contributed by atoms with E-state index >= 15 is 0 Å². The number of anilines is 1. The minimum Gasteiger partial charge on any atom is -0.481 e. The highest BCUT2D eigenvalue weighted by Crippen LogP contribution is 2.11. The lowest BCUT2D eigenvalue weighted by Gasteiger charge is -2.03. The van der Waals surface area contributed by atoms with Crippen LogP contribution in [-0.2, 0) is 16.0 Å². The molecular weight excluding hydrogens is 278 g/mol. The van der Waals surface area contributed by atoms with E-state index in [4.69, 9.17) is 5.11 Å². The summed E-state index contributed by atoms with van der Waals surface area (Å²) in [5.74, 6) is -1.11. The first kappa shape index (κ1) is 15.5. The normalized spacial score (nSPS) is 10.6. The summed E-state index contributed by atoms with van der Waals surface area (Å²) in [6.45, 7) is 2.01. The molecule has 4 nitrogen and oxygen atoms in total. The maximum atomic E-state index is 11.8. The largest absolute Gasteiger partial charge is 0.481 e. The number of aliphatic carboxylic acids is 1. The Labute approximate surface area is 129 Å². The van der Waals surface area contributed by atoms with Gasteiger partial charge in [0.05, 0.1) is 6.42 Å². The lowest BCUT2D eigenvalue weighted by atomic mass is 10.1. The predicted molar refractivity (Wildman–Crippen MR) is 86.6 cm³/mol. The van der Waals surface area contributed by atoms with E-state index in [0.717, 1.165) is 5.56 Å². The zero-order valence-corrected chi connectivity index (χ0v) is 12.2. The Morgan fingerprint density at radius 3 is 2.27 bits per heavy atom. The van der Waals surface area contributed by atoms with Crippen molar-refractivity contribution >= 4 is 23.6 Å². The summed E-state index contributed by atoms with van der Waals surface area (Å²) in [7, 11) is 0. The van der Waals surface area contributed by atoms with Crippen molar-refractivity contribution in [3.8, 4) is 0 Å². The molecule has 112 valence electrons. The molecule has 0 atom stereocenters. The topological polar surface area (TPSA) is 66.4 Å². The van der Waals surface area contributed by atoms with Gasteiger partial charge in [0.25, 0.3) is 0 Å². The van der Waals surface area contributed by atoms with Gasteiger partial charge in [-0.1, -0.05) is 42.0 Å². The minimum atomic E-state index is -0.877. The predicted octanol–water partition coefficient (Wildman–Crippen LogP) is 3.27. The van der Waals surface area contributed by atoms with Crippen LogP contribution in [0.4, 0.5) is 5.69 Å². The summed E-state index contributed by atoms with van der Waals surface area (Å²) in [6, 6.07) is 14.6. The molecule has 0 aliphatic carbocycles. The molecule has 0 saturated carbocycles. The van der Waals surface area contributed by atoms with Crippen LogP contribution >= 0.6 is 0 Å². The van der Waals surface area contributed by atoms with Crippen molar-refractivity contribution in [3.63, 3.8) is 0 Å². The van der Waals surface area contributed by atoms with Gasteiger partial charge in [0.2, 0.25) is 5.91 Å². The Bertz CT molecular complexity index is 685. The molecule has 2 N–H and O–H groups in total. The average Bonchev–Trinajstić information content (AvgIpc) is 2.48. The number of nitrogens with one attached hydrogen (secondary N) is 1. The molecule has 0 aliphatic heterocycles. The molecule has 2 aromatic carbocycles. The van der Waals surface area contributed by atoms with Gasteiger partial charge in [-0.25, -0.2) is 0 Å². The van der Waals surface area contributed by atoms with Crippen molar-refractivity contribution in [1.29, 1.82) is 0 Å². The zero-order valence-electron chi connectivity index (χ0n) is 12.2. The van der Waals surface area contributed by atoms with Gasteiger partial charge in [-0.15, -0.1) is 0 Å². The zero-order chi connectivity index (χ0) is 15.9. The molecule has 0 unspecified atom stereocenters. The number of aryl methyl sites for hydroxylation is 1. The fourth-order valence-corrected chi connectivity index (χ4v) is 1.91. The number of hydrogen-bond donors (Lipinski definition) is 2. The number of benzene rings is 2. The maximum Gasteiger partial charge on any atom is 0.307 e. The Kier molecular flexibility index (Phi) is 5.09. The molecule has 2 aromatic rings. The van der Waals surface area contributed by atoms with Crippen LogP contribution in [0.2, 0.25) is 0 Å². The quantitative estimate of drug-likeness (QED) is 0.832. The van der Waals surface area contributed by atoms with Gasteiger partial charge >= 0.3 is 5.97 Å². The van der Waals surface area contributed by atoms with E-state index in [9.17, 15) is 9.59 Å². The number of rotatable bonds is 5. The number of carboxylic acid groups (broad SMARTS) is 1. The lowest BCUT2D eigenvalue weighted by molar-refractivity contribution is -0.136. The highest BCUT2D eigenvalue weighted by Gasteiger charge is 2.01. The first-order valence-corrected chi connectivity index (χ1v) is 6.89. The second kappa shape index (κ2) is 7.22. The van der Waals surface area contributed by atoms with E-state index in [1.807, 2.05) is 31.2 Å². The molecule has 4 heteroatoms. The van der Waals surface area contributed by atoms with Crippen molar-refractivity contribution in [2.24, 2.45) is 0 Å². The first-order valence-electron chi connectivity index (χ1n) is 6.89. The molecule has 2 rings (SSSR count). The molecule has 0 saturated heterocycles. The van der Waals surface area contributed by atoms with Crippen molar-refractivity contribution in [2.45, 2.75) is 13.3 Å². The molecule has 0 heterocycles. The van der Waals surface area contributed by atoms with Crippen LogP contribution in [0.3, 0.4) is 0 Å². The van der Waals surface area contributed by atoms with Crippen LogP contribution in [-0.4, -0.2) is 17.0 Å². The van der Waals surface area contributed by atoms with Crippen LogP contribution in [0.5, 0.6) is 0 Å². The second-order valence-electron chi connectivity index (χ2n) is 5.00. The molecular formula is C18H17NO3. The monoisotopic (exact) mass is 295 g/mol. The minimum absolute atomic E-state index is 0.0262. The standard InChI is InChI=1S/C18H17NO3/c1-13-2-4-14(5-3-13)8-11-17(20)19-16-9-6-15(7-10-16)12-18(21)22/h2-11H,12H2,1H3,(H,19,20)(H,21,22)/b11-8+. The Morgan fingerprint density at radius 1 is 1.05 bits per heavy atom. The highest BCUT2D eigenvalue weighted by molar-refractivity contribution is 6.01. The van der Waals surface area contributed by atoms with Crippen molar-refractivity contribution < 1.29 is 14.7 Å². The Morgan fingerprint density at radius 2 is 1.68 bits per heavy atom. The molecule has 0 aliphatic rings. The summed E-state index contributed by atoms with van der Waals surface area (Å²) >= 11 is 0. The SMILES string of the molecule is Cc1ccc(/C=C/C(=O)Nc2ccc(CC(=O)O)cc2)cc1. The van der Waals surface area contributed by atoms with Crippen LogP contribution in [0.15, 0.2) is 54.6 Å². The highest BCUT2D eigenvalue weighted by atomic mass is 16.4. The fourth-order valence-electron chi connectivity index (χ4n) is 1.91. The van der Waals surface area contributed by atoms with Gasteiger partial charge in [-0.3, -0.25) is 9.59 Å². The molecule has 1 amide bonds. The average molecular weight is 295 g/mol. The summed E-state index contributed by atoms with van der Waals surface area (Å²) in [4.78, 5) is 22.4. The van der Waals surface area contributed by atoms with Crippen LogP contribution in [0.1, 0.15) is 16.7 Å². The van der Waals surface area contributed by atoms with E-state index in [2.05, 4.69) is 5.32 Å². The van der Waals surface area contributed by atoms with Gasteiger partial charge in [-0.05, 0) is 36.3 Å². The van der Waals surface area contributed by atoms with Crippen LogP contribution in [0.25, 0.3) is 6.08 Å². The van der Waals surface area contributed by atoms with E-state index in [-0.39, 0.29) is 12.3 Å². The van der Waals surface area contributed by atoms with Gasteiger partial charge in [0.1, 0.15) is 0 Å². The molecule has 0 radical (unpaired) electrons. The lowest BCUT2D eigenvalue weighted by Crippen LogP contribution is -2.08. The van der Waals surface area contributed by atoms with Gasteiger partial charge in [0, 0.05) is 11.8 Å². The fraction of sp³-hybridized carbons (Fsp3) is 0.111. The van der Waals surface area contributed by atoms with Gasteiger partial charge in [-0.2, -0.15) is 0 Å². The van der Waals surface area contributed by atoms with Crippen LogP contribution in [0, 0.1) is 6.92 Å². The third kappa shape index (κ3) is 4.90. The number of carbonyl (C=O) groups is 2. The third-order valence-electron chi connectivity index (χ3n) is 3.08. The Hall–Kier alpha value is -2.88. The summed E-state index contributed by atoms with van der Waals surface area (Å²) in [5, 5.41) is 11.4. The molecule has 0 bridgehead atoms. The second-order valence-corrected chi connectivity index (χ2v) is 5.00. The van der Waals surface area contributed by atoms with Gasteiger partial charge in [0.15, 0.2) is 0 Å². The Balaban J connectivity index is 1.94. The number of carboxylic acids is 1.